The van der Waals surface area contributed by atoms with E-state index in [4.69, 9.17) is 4.74 Å². The van der Waals surface area contributed by atoms with Gasteiger partial charge in [0.2, 0.25) is 0 Å². The summed E-state index contributed by atoms with van der Waals surface area (Å²) in [5.41, 5.74) is 1.71. The van der Waals surface area contributed by atoms with E-state index in [9.17, 15) is 4.79 Å². The van der Waals surface area contributed by atoms with Crippen molar-refractivity contribution in [3.63, 3.8) is 0 Å². The fraction of sp³-hybridized carbons (Fsp3) is 0.545. The molecule has 1 radical (unpaired) electrons. The summed E-state index contributed by atoms with van der Waals surface area (Å²) in [4.78, 5) is 26.1. The van der Waals surface area contributed by atoms with E-state index in [1.165, 1.54) is 4.90 Å². The van der Waals surface area contributed by atoms with E-state index < -0.39 is 25.9 Å². The first-order valence-electron chi connectivity index (χ1n) is 5.37. The predicted molar refractivity (Wildman–Crippen MR) is 68.3 cm³/mol. The number of rotatable bonds is 2. The molecular formula is C11H18N3O2Sn. The molecule has 1 rings (SSSR count). The van der Waals surface area contributed by atoms with Crippen molar-refractivity contribution in [2.24, 2.45) is 0 Å². The Kier molecular flexibility index (Phi) is 4.73. The molecule has 1 aromatic heterocycles. The van der Waals surface area contributed by atoms with Gasteiger partial charge in [-0.15, -0.1) is 0 Å². The van der Waals surface area contributed by atoms with Crippen LogP contribution in [0.25, 0.3) is 0 Å². The molecule has 0 aromatic carbocycles. The second-order valence-corrected chi connectivity index (χ2v) is 11.3. The summed E-state index contributed by atoms with van der Waals surface area (Å²) in [6.45, 7) is 3.78. The molecule has 5 nitrogen and oxygen atoms in total. The van der Waals surface area contributed by atoms with Gasteiger partial charge in [0.1, 0.15) is 0 Å². The fourth-order valence-corrected chi connectivity index (χ4v) is 3.14. The molecule has 1 amide bonds. The van der Waals surface area contributed by atoms with Gasteiger partial charge in [-0.1, -0.05) is 0 Å². The fourth-order valence-electron chi connectivity index (χ4n) is 1.10. The van der Waals surface area contributed by atoms with Crippen LogP contribution in [0.1, 0.15) is 11.3 Å². The molecule has 0 aliphatic carbocycles. The Morgan fingerprint density at radius 2 is 1.82 bits per heavy atom. The van der Waals surface area contributed by atoms with Crippen LogP contribution in [0.15, 0.2) is 0 Å². The van der Waals surface area contributed by atoms with E-state index in [0.29, 0.717) is 5.88 Å². The quantitative estimate of drug-likeness (QED) is 0.756. The molecule has 0 saturated carbocycles. The van der Waals surface area contributed by atoms with Crippen molar-refractivity contribution in [1.29, 1.82) is 0 Å². The summed E-state index contributed by atoms with van der Waals surface area (Å²) in [6, 6.07) is 0. The van der Waals surface area contributed by atoms with Gasteiger partial charge in [0, 0.05) is 0 Å². The standard InChI is InChI=1S/C9H12N3O2.2CH3.Sn/c1-6-7(2)10-5-11-8(6)14-9(13)12(3)4;;;/h1-4H3;2*1H3;. The van der Waals surface area contributed by atoms with Gasteiger partial charge in [-0.05, 0) is 0 Å². The molecule has 0 unspecified atom stereocenters. The van der Waals surface area contributed by atoms with E-state index in [1.54, 1.807) is 14.1 Å². The van der Waals surface area contributed by atoms with Crippen LogP contribution in [0.4, 0.5) is 4.79 Å². The van der Waals surface area contributed by atoms with E-state index in [2.05, 4.69) is 19.8 Å². The number of aryl methyl sites for hydroxylation is 1. The maximum atomic E-state index is 11.5. The van der Waals surface area contributed by atoms with Gasteiger partial charge in [-0.3, -0.25) is 0 Å². The van der Waals surface area contributed by atoms with Crippen LogP contribution in [0, 0.1) is 13.8 Å². The van der Waals surface area contributed by atoms with Gasteiger partial charge in [0.15, 0.2) is 0 Å². The summed E-state index contributed by atoms with van der Waals surface area (Å²) in [5.74, 6) is 0.396. The Labute approximate surface area is 109 Å². The Balaban J connectivity index is 3.10. The van der Waals surface area contributed by atoms with Crippen LogP contribution < -0.4 is 8.58 Å². The van der Waals surface area contributed by atoms with Crippen LogP contribution in [0.2, 0.25) is 9.88 Å². The van der Waals surface area contributed by atoms with Crippen LogP contribution in [-0.4, -0.2) is 54.8 Å². The van der Waals surface area contributed by atoms with Crippen LogP contribution in [0.3, 0.4) is 0 Å². The van der Waals surface area contributed by atoms with Crippen molar-refractivity contribution < 1.29 is 9.53 Å². The molecular weight excluding hydrogens is 325 g/mol. The van der Waals surface area contributed by atoms with Crippen LogP contribution in [-0.2, 0) is 0 Å². The van der Waals surface area contributed by atoms with Crippen molar-refractivity contribution >= 4 is 29.7 Å². The summed E-state index contributed by atoms with van der Waals surface area (Å²) in [6.07, 6.45) is -0.408. The SMILES string of the molecule is Cc1n[c]([Sn]([CH3])[CH3])nc(OC(=O)N(C)C)c1C. The first kappa shape index (κ1) is 14.2. The number of carbonyl (C=O) groups excluding carboxylic acids is 1. The van der Waals surface area contributed by atoms with Gasteiger partial charge >= 0.3 is 109 Å². The van der Waals surface area contributed by atoms with E-state index in [-0.39, 0.29) is 0 Å². The molecule has 93 valence electrons. The molecule has 6 heteroatoms. The zero-order valence-corrected chi connectivity index (χ0v) is 14.0. The van der Waals surface area contributed by atoms with Crippen LogP contribution in [0.5, 0.6) is 5.88 Å². The first-order chi connectivity index (χ1) is 7.82. The Morgan fingerprint density at radius 1 is 1.24 bits per heavy atom. The summed E-state index contributed by atoms with van der Waals surface area (Å²) < 4.78 is 6.13. The number of carbonyl (C=O) groups is 1. The number of nitrogens with zero attached hydrogens (tertiary/aromatic N) is 3. The van der Waals surface area contributed by atoms with Gasteiger partial charge in [0.05, 0.1) is 0 Å². The second-order valence-electron chi connectivity index (χ2n) is 4.33. The molecule has 0 fully saturated rings. The predicted octanol–water partition coefficient (Wildman–Crippen LogP) is 1.12. The monoisotopic (exact) mass is 344 g/mol. The molecule has 17 heavy (non-hydrogen) atoms. The van der Waals surface area contributed by atoms with Gasteiger partial charge in [0.25, 0.3) is 0 Å². The first-order valence-corrected chi connectivity index (χ1v) is 12.5. The Hall–Kier alpha value is -0.851. The van der Waals surface area contributed by atoms with E-state index in [0.717, 1.165) is 15.1 Å². The molecule has 0 saturated heterocycles. The molecule has 1 aromatic rings. The minimum atomic E-state index is -1.64. The van der Waals surface area contributed by atoms with Crippen molar-refractivity contribution in [2.45, 2.75) is 23.7 Å². The number of ether oxygens (including phenoxy) is 1. The Morgan fingerprint density at radius 3 is 2.29 bits per heavy atom. The number of amides is 1. The number of hydrogen-bond donors (Lipinski definition) is 0. The average molecular weight is 343 g/mol. The third-order valence-corrected chi connectivity index (χ3v) is 5.53. The number of hydrogen-bond acceptors (Lipinski definition) is 4. The Bertz CT molecular complexity index is 433. The van der Waals surface area contributed by atoms with Gasteiger partial charge in [-0.25, -0.2) is 0 Å². The summed E-state index contributed by atoms with van der Waals surface area (Å²) in [5, 5.41) is 0. The van der Waals surface area contributed by atoms with Crippen LogP contribution >= 0.6 is 0 Å². The van der Waals surface area contributed by atoms with Crippen molar-refractivity contribution in [3.8, 4) is 5.88 Å². The molecule has 0 spiro atoms. The maximum absolute atomic E-state index is 11.5. The topological polar surface area (TPSA) is 55.3 Å². The van der Waals surface area contributed by atoms with E-state index in [1.807, 2.05) is 13.8 Å². The van der Waals surface area contributed by atoms with Crippen molar-refractivity contribution in [3.05, 3.63) is 11.3 Å². The zero-order valence-electron chi connectivity index (χ0n) is 11.2. The molecule has 1 heterocycles. The summed E-state index contributed by atoms with van der Waals surface area (Å²) in [7, 11) is 3.29. The second kappa shape index (κ2) is 5.66. The van der Waals surface area contributed by atoms with E-state index >= 15 is 0 Å². The normalized spacial score (nSPS) is 10.5. The molecule has 0 atom stereocenters. The molecule has 0 N–H and O–H groups in total. The molecule has 0 aliphatic rings. The molecule has 0 aliphatic heterocycles. The average Bonchev–Trinajstić information content (AvgIpc) is 2.23. The summed E-state index contributed by atoms with van der Waals surface area (Å²) >= 11 is -1.64. The third-order valence-electron chi connectivity index (χ3n) is 2.34. The zero-order chi connectivity index (χ0) is 13.2. The molecule has 0 bridgehead atoms. The van der Waals surface area contributed by atoms with Gasteiger partial charge < -0.3 is 0 Å². The van der Waals surface area contributed by atoms with Gasteiger partial charge in [-0.2, -0.15) is 0 Å². The third kappa shape index (κ3) is 3.55. The number of aromatic nitrogens is 2. The van der Waals surface area contributed by atoms with Crippen molar-refractivity contribution in [1.82, 2.24) is 14.9 Å². The minimum absolute atomic E-state index is 0.396. The van der Waals surface area contributed by atoms with Crippen molar-refractivity contribution in [2.75, 3.05) is 14.1 Å².